The highest BCUT2D eigenvalue weighted by atomic mass is 16.5. The number of rotatable bonds is 9. The molecule has 104 valence electrons. The minimum absolute atomic E-state index is 0.0175. The highest BCUT2D eigenvalue weighted by Gasteiger charge is 2.20. The lowest BCUT2D eigenvalue weighted by molar-refractivity contribution is -0.143. The fourth-order valence-corrected chi connectivity index (χ4v) is 1.58. The van der Waals surface area contributed by atoms with E-state index in [1.807, 2.05) is 0 Å². The largest absolute Gasteiger partial charge is 0.481 e. The van der Waals surface area contributed by atoms with Crippen molar-refractivity contribution in [1.29, 1.82) is 0 Å². The van der Waals surface area contributed by atoms with Gasteiger partial charge in [0.05, 0.1) is 5.92 Å². The topological polar surface area (TPSA) is 114 Å². The van der Waals surface area contributed by atoms with Gasteiger partial charge < -0.3 is 19.4 Å². The summed E-state index contributed by atoms with van der Waals surface area (Å²) >= 11 is 0. The zero-order valence-electron chi connectivity index (χ0n) is 10.1. The van der Waals surface area contributed by atoms with E-state index in [0.717, 1.165) is 0 Å². The minimum atomic E-state index is -1.07. The third-order valence-corrected chi connectivity index (χ3v) is 2.51. The molecule has 0 saturated carbocycles. The van der Waals surface area contributed by atoms with E-state index < -0.39 is 17.9 Å². The molecule has 19 heavy (non-hydrogen) atoms. The first-order valence-corrected chi connectivity index (χ1v) is 5.60. The maximum atomic E-state index is 11.0. The molecule has 7 heteroatoms. The Balaban J connectivity index is 2.58. The van der Waals surface area contributed by atoms with Gasteiger partial charge in [-0.2, -0.15) is 0 Å². The van der Waals surface area contributed by atoms with Gasteiger partial charge in [-0.15, -0.1) is 0 Å². The van der Waals surface area contributed by atoms with Crippen molar-refractivity contribution in [2.75, 3.05) is 0 Å². The summed E-state index contributed by atoms with van der Waals surface area (Å²) in [5.41, 5.74) is 0. The summed E-state index contributed by atoms with van der Waals surface area (Å²) < 4.78 is 9.77. The molecular weight excluding hydrogens is 256 g/mol. The van der Waals surface area contributed by atoms with E-state index in [0.29, 0.717) is 11.5 Å². The lowest BCUT2D eigenvalue weighted by atomic mass is 9.98. The number of carbonyl (C=O) groups is 3. The summed E-state index contributed by atoms with van der Waals surface area (Å²) in [5.74, 6) is -2.09. The van der Waals surface area contributed by atoms with Crippen molar-refractivity contribution in [2.24, 2.45) is 5.92 Å². The molecule has 0 fully saturated rings. The van der Waals surface area contributed by atoms with E-state index in [9.17, 15) is 14.4 Å². The monoisotopic (exact) mass is 270 g/mol. The van der Waals surface area contributed by atoms with Crippen molar-refractivity contribution in [3.63, 3.8) is 0 Å². The van der Waals surface area contributed by atoms with Crippen molar-refractivity contribution in [2.45, 2.75) is 25.9 Å². The molecule has 1 aromatic rings. The summed E-state index contributed by atoms with van der Waals surface area (Å²) in [5, 5.41) is 17.5. The maximum absolute atomic E-state index is 11.0. The van der Waals surface area contributed by atoms with Crippen LogP contribution in [-0.2, 0) is 32.1 Å². The van der Waals surface area contributed by atoms with Crippen LogP contribution in [0.5, 0.6) is 0 Å². The Kier molecular flexibility index (Phi) is 5.59. The van der Waals surface area contributed by atoms with Gasteiger partial charge in [-0.1, -0.05) is 0 Å². The molecule has 0 amide bonds. The number of carbonyl (C=O) groups excluding carboxylic acids is 1. The van der Waals surface area contributed by atoms with Gasteiger partial charge in [-0.25, -0.2) is 0 Å². The fourth-order valence-electron chi connectivity index (χ4n) is 1.58. The Morgan fingerprint density at radius 3 is 2.58 bits per heavy atom. The highest BCUT2D eigenvalue weighted by Crippen LogP contribution is 2.17. The normalized spacial score (nSPS) is 11.8. The number of furan rings is 1. The Hall–Kier alpha value is -2.31. The SMILES string of the molecule is O=COCc1ccc(CC(CCC(=O)O)C(=O)O)o1. The number of ether oxygens (including phenoxy) is 1. The highest BCUT2D eigenvalue weighted by molar-refractivity contribution is 5.72. The summed E-state index contributed by atoms with van der Waals surface area (Å²) in [6.07, 6.45) is -0.0754. The van der Waals surface area contributed by atoms with E-state index in [4.69, 9.17) is 14.6 Å². The molecule has 1 atom stereocenters. The van der Waals surface area contributed by atoms with E-state index in [1.165, 1.54) is 0 Å². The smallest absolute Gasteiger partial charge is 0.306 e. The Morgan fingerprint density at radius 1 is 1.32 bits per heavy atom. The molecule has 7 nitrogen and oxygen atoms in total. The molecule has 0 radical (unpaired) electrons. The first-order chi connectivity index (χ1) is 9.02. The molecule has 0 bridgehead atoms. The van der Waals surface area contributed by atoms with E-state index in [2.05, 4.69) is 4.74 Å². The summed E-state index contributed by atoms with van der Waals surface area (Å²) in [7, 11) is 0. The minimum Gasteiger partial charge on any atom is -0.481 e. The van der Waals surface area contributed by atoms with E-state index in [1.54, 1.807) is 12.1 Å². The quantitative estimate of drug-likeness (QED) is 0.645. The third-order valence-electron chi connectivity index (χ3n) is 2.51. The molecule has 0 spiro atoms. The molecule has 1 unspecified atom stereocenters. The average Bonchev–Trinajstić information content (AvgIpc) is 2.79. The summed E-state index contributed by atoms with van der Waals surface area (Å²) in [6, 6.07) is 3.16. The first kappa shape index (κ1) is 14.7. The van der Waals surface area contributed by atoms with E-state index in [-0.39, 0.29) is 32.3 Å². The van der Waals surface area contributed by atoms with Gasteiger partial charge in [-0.05, 0) is 18.6 Å². The number of hydrogen-bond acceptors (Lipinski definition) is 5. The van der Waals surface area contributed by atoms with Crippen LogP contribution in [0.4, 0.5) is 0 Å². The zero-order valence-corrected chi connectivity index (χ0v) is 10.1. The molecule has 0 aromatic carbocycles. The van der Waals surface area contributed by atoms with Crippen LogP contribution in [0, 0.1) is 5.92 Å². The third kappa shape index (κ3) is 5.24. The van der Waals surface area contributed by atoms with Gasteiger partial charge in [0, 0.05) is 12.8 Å². The first-order valence-electron chi connectivity index (χ1n) is 5.60. The Morgan fingerprint density at radius 2 is 2.00 bits per heavy atom. The zero-order chi connectivity index (χ0) is 14.3. The summed E-state index contributed by atoms with van der Waals surface area (Å²) in [6.45, 7) is 0.269. The Bertz CT molecular complexity index is 449. The van der Waals surface area contributed by atoms with E-state index >= 15 is 0 Å². The molecule has 1 aromatic heterocycles. The molecule has 0 aliphatic heterocycles. The Labute approximate surface area is 108 Å². The predicted molar refractivity (Wildman–Crippen MR) is 61.3 cm³/mol. The molecule has 1 rings (SSSR count). The molecule has 0 saturated heterocycles. The van der Waals surface area contributed by atoms with Crippen molar-refractivity contribution in [3.05, 3.63) is 23.7 Å². The van der Waals surface area contributed by atoms with Crippen molar-refractivity contribution in [1.82, 2.24) is 0 Å². The van der Waals surface area contributed by atoms with Gasteiger partial charge in [0.2, 0.25) is 0 Å². The number of hydrogen-bond donors (Lipinski definition) is 2. The maximum Gasteiger partial charge on any atom is 0.306 e. The van der Waals surface area contributed by atoms with Crippen LogP contribution in [0.3, 0.4) is 0 Å². The average molecular weight is 270 g/mol. The predicted octanol–water partition coefficient (Wildman–Crippen LogP) is 1.06. The number of carboxylic acids is 2. The van der Waals surface area contributed by atoms with Crippen molar-refractivity contribution in [3.8, 4) is 0 Å². The lowest BCUT2D eigenvalue weighted by Gasteiger charge is -2.08. The van der Waals surface area contributed by atoms with Gasteiger partial charge in [0.15, 0.2) is 0 Å². The van der Waals surface area contributed by atoms with Crippen LogP contribution in [0.1, 0.15) is 24.4 Å². The van der Waals surface area contributed by atoms with Gasteiger partial charge in [-0.3, -0.25) is 14.4 Å². The summed E-state index contributed by atoms with van der Waals surface area (Å²) in [4.78, 5) is 31.4. The van der Waals surface area contributed by atoms with Gasteiger partial charge >= 0.3 is 11.9 Å². The van der Waals surface area contributed by atoms with Crippen LogP contribution < -0.4 is 0 Å². The van der Waals surface area contributed by atoms with Crippen molar-refractivity contribution >= 4 is 18.4 Å². The number of carboxylic acid groups (broad SMARTS) is 2. The second-order valence-electron chi connectivity index (χ2n) is 3.95. The molecule has 0 aliphatic rings. The molecular formula is C12H14O7. The van der Waals surface area contributed by atoms with Crippen LogP contribution in [0.25, 0.3) is 0 Å². The van der Waals surface area contributed by atoms with Crippen LogP contribution in [0.15, 0.2) is 16.5 Å². The van der Waals surface area contributed by atoms with Crippen molar-refractivity contribution < 1.29 is 33.8 Å². The molecule has 0 aliphatic carbocycles. The molecule has 2 N–H and O–H groups in total. The van der Waals surface area contributed by atoms with Crippen LogP contribution in [-0.4, -0.2) is 28.6 Å². The van der Waals surface area contributed by atoms with Crippen LogP contribution >= 0.6 is 0 Å². The second kappa shape index (κ2) is 7.20. The van der Waals surface area contributed by atoms with Gasteiger partial charge in [0.25, 0.3) is 6.47 Å². The number of aliphatic carboxylic acids is 2. The fraction of sp³-hybridized carbons (Fsp3) is 0.417. The standard InChI is InChI=1S/C12H14O7/c13-7-18-6-10-3-2-9(19-10)5-8(12(16)17)1-4-11(14)15/h2-3,7-8H,1,4-6H2,(H,14,15)(H,16,17). The van der Waals surface area contributed by atoms with Gasteiger partial charge in [0.1, 0.15) is 18.1 Å². The van der Waals surface area contributed by atoms with Crippen LogP contribution in [0.2, 0.25) is 0 Å². The second-order valence-corrected chi connectivity index (χ2v) is 3.95. The lowest BCUT2D eigenvalue weighted by Crippen LogP contribution is -2.17. The molecule has 1 heterocycles.